The fraction of sp³-hybridized carbons (Fsp3) is 0.647. The van der Waals surface area contributed by atoms with Gasteiger partial charge >= 0.3 is 0 Å². The zero-order valence-corrected chi connectivity index (χ0v) is 13.4. The summed E-state index contributed by atoms with van der Waals surface area (Å²) in [6.07, 6.45) is 1.09. The van der Waals surface area contributed by atoms with E-state index in [0.29, 0.717) is 24.5 Å². The highest BCUT2D eigenvalue weighted by atomic mass is 16.5. The van der Waals surface area contributed by atoms with Crippen LogP contribution < -0.4 is 5.73 Å². The van der Waals surface area contributed by atoms with Gasteiger partial charge < -0.3 is 10.5 Å². The summed E-state index contributed by atoms with van der Waals surface area (Å²) in [5, 5.41) is 0. The maximum atomic E-state index is 6.03. The minimum atomic E-state index is 0.403. The second kappa shape index (κ2) is 9.11. The van der Waals surface area contributed by atoms with Gasteiger partial charge in [0.25, 0.3) is 0 Å². The third-order valence-electron chi connectivity index (χ3n) is 4.07. The lowest BCUT2D eigenvalue weighted by Gasteiger charge is -2.36. The maximum absolute atomic E-state index is 6.03. The number of methoxy groups -OCH3 is 1. The van der Waals surface area contributed by atoms with Crippen molar-refractivity contribution in [2.24, 2.45) is 5.73 Å². The van der Waals surface area contributed by atoms with Gasteiger partial charge in [-0.1, -0.05) is 44.2 Å². The molecule has 0 saturated carbocycles. The Hall–Kier alpha value is -0.900. The van der Waals surface area contributed by atoms with Crippen molar-refractivity contribution in [3.05, 3.63) is 35.9 Å². The Balaban J connectivity index is 2.69. The first-order valence-corrected chi connectivity index (χ1v) is 7.63. The molecule has 0 bridgehead atoms. The largest absolute Gasteiger partial charge is 0.383 e. The monoisotopic (exact) mass is 278 g/mol. The first-order chi connectivity index (χ1) is 9.63. The lowest BCUT2D eigenvalue weighted by Crippen LogP contribution is -2.47. The Morgan fingerprint density at radius 3 is 2.35 bits per heavy atom. The number of benzene rings is 1. The Kier molecular flexibility index (Phi) is 7.82. The summed E-state index contributed by atoms with van der Waals surface area (Å²) in [5.41, 5.74) is 7.42. The smallest absolute Gasteiger partial charge is 0.0615 e. The van der Waals surface area contributed by atoms with Crippen molar-refractivity contribution in [3.8, 4) is 0 Å². The highest BCUT2D eigenvalue weighted by Gasteiger charge is 2.23. The second-order valence-electron chi connectivity index (χ2n) is 5.57. The van der Waals surface area contributed by atoms with E-state index < -0.39 is 0 Å². The first kappa shape index (κ1) is 17.2. The van der Waals surface area contributed by atoms with E-state index in [9.17, 15) is 0 Å². The van der Waals surface area contributed by atoms with Gasteiger partial charge in [-0.3, -0.25) is 4.90 Å². The fourth-order valence-electron chi connectivity index (χ4n) is 2.96. The maximum Gasteiger partial charge on any atom is 0.0615 e. The zero-order valence-electron chi connectivity index (χ0n) is 13.4. The van der Waals surface area contributed by atoms with E-state index >= 15 is 0 Å². The van der Waals surface area contributed by atoms with Gasteiger partial charge in [-0.25, -0.2) is 0 Å². The van der Waals surface area contributed by atoms with Crippen LogP contribution >= 0.6 is 0 Å². The van der Waals surface area contributed by atoms with Gasteiger partial charge in [0.2, 0.25) is 0 Å². The minimum absolute atomic E-state index is 0.403. The Morgan fingerprint density at radius 2 is 1.85 bits per heavy atom. The summed E-state index contributed by atoms with van der Waals surface area (Å²) in [7, 11) is 1.76. The van der Waals surface area contributed by atoms with Crippen molar-refractivity contribution in [2.75, 3.05) is 26.8 Å². The molecular weight excluding hydrogens is 248 g/mol. The third kappa shape index (κ3) is 4.89. The number of nitrogens with zero attached hydrogens (tertiary/aromatic N) is 1. The summed E-state index contributed by atoms with van der Waals surface area (Å²) in [6, 6.07) is 11.5. The van der Waals surface area contributed by atoms with Gasteiger partial charge in [0.1, 0.15) is 0 Å². The van der Waals surface area contributed by atoms with Crippen LogP contribution in [-0.4, -0.2) is 43.8 Å². The molecule has 3 heteroatoms. The first-order valence-electron chi connectivity index (χ1n) is 7.63. The van der Waals surface area contributed by atoms with Gasteiger partial charge in [0, 0.05) is 25.7 Å². The molecule has 0 spiro atoms. The van der Waals surface area contributed by atoms with E-state index in [0.717, 1.165) is 19.6 Å². The molecule has 114 valence electrons. The van der Waals surface area contributed by atoms with Gasteiger partial charge in [0.05, 0.1) is 6.61 Å². The molecule has 0 saturated heterocycles. The summed E-state index contributed by atoms with van der Waals surface area (Å²) in [6.45, 7) is 9.15. The van der Waals surface area contributed by atoms with Gasteiger partial charge in [-0.05, 0) is 31.4 Å². The average molecular weight is 278 g/mol. The van der Waals surface area contributed by atoms with Gasteiger partial charge in [-0.15, -0.1) is 0 Å². The quantitative estimate of drug-likeness (QED) is 0.755. The SMILES string of the molecule is CCN(C(C)COC)C(CN)CC(C)c1ccccc1. The third-order valence-corrected chi connectivity index (χ3v) is 4.07. The molecule has 3 atom stereocenters. The standard InChI is InChI=1S/C17H30N2O/c1-5-19(15(3)13-20-4)17(12-18)11-14(2)16-9-7-6-8-10-16/h6-10,14-15,17H,5,11-13,18H2,1-4H3. The molecule has 0 radical (unpaired) electrons. The van der Waals surface area contributed by atoms with E-state index in [1.54, 1.807) is 7.11 Å². The molecular formula is C17H30N2O. The molecule has 2 N–H and O–H groups in total. The predicted octanol–water partition coefficient (Wildman–Crippen LogP) is 2.86. The van der Waals surface area contributed by atoms with Gasteiger partial charge in [0.15, 0.2) is 0 Å². The minimum Gasteiger partial charge on any atom is -0.383 e. The molecule has 0 aromatic heterocycles. The molecule has 20 heavy (non-hydrogen) atoms. The van der Waals surface area contributed by atoms with Crippen LogP contribution in [0.15, 0.2) is 30.3 Å². The summed E-state index contributed by atoms with van der Waals surface area (Å²) >= 11 is 0. The highest BCUT2D eigenvalue weighted by molar-refractivity contribution is 5.19. The van der Waals surface area contributed by atoms with E-state index in [1.807, 2.05) is 0 Å². The van der Waals surface area contributed by atoms with Crippen LogP contribution in [0.5, 0.6) is 0 Å². The second-order valence-corrected chi connectivity index (χ2v) is 5.57. The molecule has 0 aliphatic rings. The Labute approximate surface area is 124 Å². The molecule has 0 aliphatic carbocycles. The van der Waals surface area contributed by atoms with Crippen molar-refractivity contribution in [2.45, 2.75) is 45.2 Å². The number of hydrogen-bond donors (Lipinski definition) is 1. The van der Waals surface area contributed by atoms with E-state index in [-0.39, 0.29) is 0 Å². The van der Waals surface area contributed by atoms with E-state index in [4.69, 9.17) is 10.5 Å². The van der Waals surface area contributed by atoms with E-state index in [2.05, 4.69) is 56.0 Å². The number of ether oxygens (including phenoxy) is 1. The Morgan fingerprint density at radius 1 is 1.20 bits per heavy atom. The van der Waals surface area contributed by atoms with Crippen LogP contribution in [0.25, 0.3) is 0 Å². The molecule has 3 unspecified atom stereocenters. The molecule has 0 fully saturated rings. The summed E-state index contributed by atoms with van der Waals surface area (Å²) in [4.78, 5) is 2.46. The van der Waals surface area contributed by atoms with Crippen LogP contribution in [-0.2, 0) is 4.74 Å². The number of rotatable bonds is 9. The van der Waals surface area contributed by atoms with Crippen LogP contribution in [0.4, 0.5) is 0 Å². The molecule has 0 aliphatic heterocycles. The Bertz CT molecular complexity index is 355. The van der Waals surface area contributed by atoms with Crippen LogP contribution in [0.2, 0.25) is 0 Å². The molecule has 3 nitrogen and oxygen atoms in total. The topological polar surface area (TPSA) is 38.5 Å². The lowest BCUT2D eigenvalue weighted by molar-refractivity contribution is 0.0705. The van der Waals surface area contributed by atoms with Crippen LogP contribution in [0, 0.1) is 0 Å². The predicted molar refractivity (Wildman–Crippen MR) is 86.0 cm³/mol. The van der Waals surface area contributed by atoms with Crippen LogP contribution in [0.3, 0.4) is 0 Å². The molecule has 1 rings (SSSR count). The average Bonchev–Trinajstić information content (AvgIpc) is 2.48. The number of likely N-dealkylation sites (N-methyl/N-ethyl adjacent to an activating group) is 1. The number of hydrogen-bond acceptors (Lipinski definition) is 3. The van der Waals surface area contributed by atoms with Crippen molar-refractivity contribution in [3.63, 3.8) is 0 Å². The van der Waals surface area contributed by atoms with Crippen molar-refractivity contribution >= 4 is 0 Å². The molecule has 1 aromatic rings. The molecule has 0 heterocycles. The van der Waals surface area contributed by atoms with Gasteiger partial charge in [-0.2, -0.15) is 0 Å². The summed E-state index contributed by atoms with van der Waals surface area (Å²) in [5.74, 6) is 0.522. The van der Waals surface area contributed by atoms with Crippen molar-refractivity contribution in [1.82, 2.24) is 4.90 Å². The zero-order chi connectivity index (χ0) is 15.0. The normalized spacial score (nSPS) is 16.1. The van der Waals surface area contributed by atoms with Crippen molar-refractivity contribution in [1.29, 1.82) is 0 Å². The lowest BCUT2D eigenvalue weighted by atomic mass is 9.92. The highest BCUT2D eigenvalue weighted by Crippen LogP contribution is 2.23. The van der Waals surface area contributed by atoms with Crippen LogP contribution in [0.1, 0.15) is 38.7 Å². The number of nitrogens with two attached hydrogens (primary N) is 1. The van der Waals surface area contributed by atoms with Crippen molar-refractivity contribution < 1.29 is 4.74 Å². The molecule has 1 aromatic carbocycles. The fourth-order valence-corrected chi connectivity index (χ4v) is 2.96. The molecule has 0 amide bonds. The summed E-state index contributed by atoms with van der Waals surface area (Å²) < 4.78 is 5.29. The van der Waals surface area contributed by atoms with E-state index in [1.165, 1.54) is 5.56 Å².